The first-order valence-electron chi connectivity index (χ1n) is 8.88. The summed E-state index contributed by atoms with van der Waals surface area (Å²) in [6.45, 7) is 11.1. The normalized spacial score (nSPS) is 10.7. The highest BCUT2D eigenvalue weighted by Crippen LogP contribution is 2.26. The highest BCUT2D eigenvalue weighted by molar-refractivity contribution is 5.65. The number of aryl methyl sites for hydroxylation is 4. The Morgan fingerprint density at radius 3 is 2.15 bits per heavy atom. The second kappa shape index (κ2) is 7.52. The smallest absolute Gasteiger partial charge is 0.234 e. The van der Waals surface area contributed by atoms with Crippen molar-refractivity contribution in [2.75, 3.05) is 16.8 Å². The molecular formula is C21H25N5. The molecule has 3 rings (SSSR count). The third-order valence-corrected chi connectivity index (χ3v) is 4.27. The molecule has 0 aliphatic heterocycles. The van der Waals surface area contributed by atoms with Gasteiger partial charge in [-0.15, -0.1) is 0 Å². The molecule has 0 atom stereocenters. The Bertz CT molecular complexity index is 883. The fourth-order valence-corrected chi connectivity index (χ4v) is 3.18. The molecule has 5 heteroatoms. The number of para-hydroxylation sites is 1. The molecule has 0 fully saturated rings. The molecule has 26 heavy (non-hydrogen) atoms. The second-order valence-corrected chi connectivity index (χ2v) is 6.48. The fraction of sp³-hybridized carbons (Fsp3) is 0.286. The molecule has 3 aromatic rings. The molecule has 0 aliphatic rings. The average Bonchev–Trinajstić information content (AvgIpc) is 2.59. The first kappa shape index (κ1) is 17.9. The first-order chi connectivity index (χ1) is 12.5. The van der Waals surface area contributed by atoms with Crippen LogP contribution in [0.5, 0.6) is 0 Å². The van der Waals surface area contributed by atoms with Gasteiger partial charge in [-0.1, -0.05) is 35.9 Å². The Morgan fingerprint density at radius 1 is 0.885 bits per heavy atom. The minimum Gasteiger partial charge on any atom is -0.324 e. The molecule has 0 bridgehead atoms. The molecule has 2 aromatic carbocycles. The van der Waals surface area contributed by atoms with Crippen molar-refractivity contribution in [3.8, 4) is 0 Å². The van der Waals surface area contributed by atoms with Crippen molar-refractivity contribution in [3.05, 3.63) is 65.0 Å². The highest BCUT2D eigenvalue weighted by Gasteiger charge is 2.14. The van der Waals surface area contributed by atoms with Gasteiger partial charge in [0.2, 0.25) is 11.9 Å². The molecular weight excluding hydrogens is 322 g/mol. The predicted molar refractivity (Wildman–Crippen MR) is 108 cm³/mol. The molecule has 1 aromatic heterocycles. The van der Waals surface area contributed by atoms with E-state index in [0.717, 1.165) is 17.9 Å². The number of nitrogens with one attached hydrogen (secondary N) is 1. The molecule has 0 spiro atoms. The maximum absolute atomic E-state index is 4.67. The van der Waals surface area contributed by atoms with E-state index in [9.17, 15) is 0 Å². The Labute approximate surface area is 155 Å². The van der Waals surface area contributed by atoms with E-state index in [1.54, 1.807) is 0 Å². The van der Waals surface area contributed by atoms with Gasteiger partial charge in [0, 0.05) is 17.9 Å². The number of benzene rings is 2. The zero-order valence-electron chi connectivity index (χ0n) is 16.0. The van der Waals surface area contributed by atoms with Gasteiger partial charge in [-0.3, -0.25) is 0 Å². The van der Waals surface area contributed by atoms with Gasteiger partial charge in [-0.25, -0.2) is 0 Å². The van der Waals surface area contributed by atoms with Gasteiger partial charge in [-0.2, -0.15) is 15.0 Å². The standard InChI is InChI=1S/C21H25N5/c1-6-26(18-10-8-7-9-11-18)21-23-17(5)22-20(25-21)24-19-15(3)12-14(2)13-16(19)4/h7-13H,6H2,1-5H3,(H,22,23,24,25). The number of aromatic nitrogens is 3. The topological polar surface area (TPSA) is 53.9 Å². The number of rotatable bonds is 5. The third kappa shape index (κ3) is 3.82. The van der Waals surface area contributed by atoms with Gasteiger partial charge in [0.1, 0.15) is 5.82 Å². The van der Waals surface area contributed by atoms with Crippen molar-refractivity contribution in [2.45, 2.75) is 34.6 Å². The van der Waals surface area contributed by atoms with E-state index in [0.29, 0.717) is 17.7 Å². The molecule has 0 saturated carbocycles. The van der Waals surface area contributed by atoms with E-state index in [1.165, 1.54) is 16.7 Å². The summed E-state index contributed by atoms with van der Waals surface area (Å²) in [5.41, 5.74) is 5.72. The zero-order valence-corrected chi connectivity index (χ0v) is 16.0. The number of nitrogens with zero attached hydrogens (tertiary/aromatic N) is 4. The lowest BCUT2D eigenvalue weighted by molar-refractivity contribution is 0.898. The lowest BCUT2D eigenvalue weighted by atomic mass is 10.1. The molecule has 134 valence electrons. The summed E-state index contributed by atoms with van der Waals surface area (Å²) in [4.78, 5) is 15.8. The van der Waals surface area contributed by atoms with E-state index >= 15 is 0 Å². The summed E-state index contributed by atoms with van der Waals surface area (Å²) in [5.74, 6) is 1.90. The molecule has 0 aliphatic carbocycles. The summed E-state index contributed by atoms with van der Waals surface area (Å²) in [6, 6.07) is 14.5. The molecule has 0 radical (unpaired) electrons. The summed E-state index contributed by atoms with van der Waals surface area (Å²) >= 11 is 0. The van der Waals surface area contributed by atoms with Crippen molar-refractivity contribution in [3.63, 3.8) is 0 Å². The quantitative estimate of drug-likeness (QED) is 0.703. The zero-order chi connectivity index (χ0) is 18.7. The van der Waals surface area contributed by atoms with E-state index < -0.39 is 0 Å². The monoisotopic (exact) mass is 347 g/mol. The predicted octanol–water partition coefficient (Wildman–Crippen LogP) is 5.01. The van der Waals surface area contributed by atoms with Crippen LogP contribution in [-0.2, 0) is 0 Å². The van der Waals surface area contributed by atoms with Crippen LogP contribution in [0.1, 0.15) is 29.4 Å². The summed E-state index contributed by atoms with van der Waals surface area (Å²) < 4.78 is 0. The lowest BCUT2D eigenvalue weighted by Gasteiger charge is -2.22. The van der Waals surface area contributed by atoms with Crippen LogP contribution in [0.25, 0.3) is 0 Å². The molecule has 0 unspecified atom stereocenters. The maximum Gasteiger partial charge on any atom is 0.234 e. The number of anilines is 4. The Balaban J connectivity index is 1.98. The largest absolute Gasteiger partial charge is 0.324 e. The Kier molecular flexibility index (Phi) is 5.16. The van der Waals surface area contributed by atoms with Gasteiger partial charge >= 0.3 is 0 Å². The Hall–Kier alpha value is -2.95. The molecule has 5 nitrogen and oxygen atoms in total. The summed E-state index contributed by atoms with van der Waals surface area (Å²) in [5, 5.41) is 3.39. The molecule has 0 amide bonds. The van der Waals surface area contributed by atoms with Crippen molar-refractivity contribution in [1.82, 2.24) is 15.0 Å². The van der Waals surface area contributed by atoms with Crippen molar-refractivity contribution in [1.29, 1.82) is 0 Å². The van der Waals surface area contributed by atoms with E-state index in [1.807, 2.05) is 25.1 Å². The van der Waals surface area contributed by atoms with Crippen LogP contribution >= 0.6 is 0 Å². The summed E-state index contributed by atoms with van der Waals surface area (Å²) in [6.07, 6.45) is 0. The van der Waals surface area contributed by atoms with Crippen LogP contribution in [0.15, 0.2) is 42.5 Å². The Morgan fingerprint density at radius 2 is 1.54 bits per heavy atom. The van der Waals surface area contributed by atoms with Crippen LogP contribution in [0, 0.1) is 27.7 Å². The highest BCUT2D eigenvalue weighted by atomic mass is 15.3. The van der Waals surface area contributed by atoms with Gasteiger partial charge < -0.3 is 10.2 Å². The van der Waals surface area contributed by atoms with Crippen LogP contribution in [-0.4, -0.2) is 21.5 Å². The minimum atomic E-state index is 0.567. The van der Waals surface area contributed by atoms with E-state index in [2.05, 4.69) is 77.1 Å². The molecule has 1 heterocycles. The van der Waals surface area contributed by atoms with Gasteiger partial charge in [0.15, 0.2) is 0 Å². The third-order valence-electron chi connectivity index (χ3n) is 4.27. The van der Waals surface area contributed by atoms with Crippen LogP contribution < -0.4 is 10.2 Å². The second-order valence-electron chi connectivity index (χ2n) is 6.48. The summed E-state index contributed by atoms with van der Waals surface area (Å²) in [7, 11) is 0. The molecule has 1 N–H and O–H groups in total. The fourth-order valence-electron chi connectivity index (χ4n) is 3.18. The van der Waals surface area contributed by atoms with E-state index in [-0.39, 0.29) is 0 Å². The first-order valence-corrected chi connectivity index (χ1v) is 8.88. The van der Waals surface area contributed by atoms with Gasteiger partial charge in [0.25, 0.3) is 0 Å². The minimum absolute atomic E-state index is 0.567. The lowest BCUT2D eigenvalue weighted by Crippen LogP contribution is -2.20. The van der Waals surface area contributed by atoms with Crippen LogP contribution in [0.4, 0.5) is 23.3 Å². The molecule has 0 saturated heterocycles. The van der Waals surface area contributed by atoms with Crippen molar-refractivity contribution >= 4 is 23.3 Å². The van der Waals surface area contributed by atoms with Crippen LogP contribution in [0.2, 0.25) is 0 Å². The van der Waals surface area contributed by atoms with Gasteiger partial charge in [-0.05, 0) is 57.9 Å². The SMILES string of the molecule is CCN(c1ccccc1)c1nc(C)nc(Nc2c(C)cc(C)cc2C)n1. The van der Waals surface area contributed by atoms with Gasteiger partial charge in [0.05, 0.1) is 0 Å². The number of hydrogen-bond acceptors (Lipinski definition) is 5. The van der Waals surface area contributed by atoms with Crippen LogP contribution in [0.3, 0.4) is 0 Å². The number of hydrogen-bond donors (Lipinski definition) is 1. The maximum atomic E-state index is 4.67. The van der Waals surface area contributed by atoms with E-state index in [4.69, 9.17) is 0 Å². The average molecular weight is 347 g/mol. The van der Waals surface area contributed by atoms with Crippen molar-refractivity contribution < 1.29 is 0 Å². The van der Waals surface area contributed by atoms with Crippen molar-refractivity contribution in [2.24, 2.45) is 0 Å².